The molecule has 74 heavy (non-hydrogen) atoms. The molecule has 0 aliphatic rings. The summed E-state index contributed by atoms with van der Waals surface area (Å²) in [6, 6.07) is -0.541. The van der Waals surface area contributed by atoms with E-state index in [-0.39, 0.29) is 18.5 Å². The number of esters is 1. The summed E-state index contributed by atoms with van der Waals surface area (Å²) in [6.07, 6.45) is 80.3. The van der Waals surface area contributed by atoms with Gasteiger partial charge in [-0.05, 0) is 83.5 Å². The van der Waals surface area contributed by atoms with E-state index in [0.717, 1.165) is 51.4 Å². The molecule has 0 aromatic carbocycles. The molecule has 0 saturated heterocycles. The molecule has 436 valence electrons. The summed E-state index contributed by atoms with van der Waals surface area (Å²) >= 11 is 0. The molecule has 0 saturated carbocycles. The number of unbranched alkanes of at least 4 members (excludes halogenated alkanes) is 45. The van der Waals surface area contributed by atoms with Gasteiger partial charge in [0.15, 0.2) is 0 Å². The minimum absolute atomic E-state index is 0.00251. The van der Waals surface area contributed by atoms with Gasteiger partial charge in [-0.15, -0.1) is 0 Å². The van der Waals surface area contributed by atoms with Gasteiger partial charge in [-0.2, -0.15) is 0 Å². The number of carbonyl (C=O) groups is 2. The minimum Gasteiger partial charge on any atom is -0.466 e. The lowest BCUT2D eigenvalue weighted by Gasteiger charge is -2.22. The van der Waals surface area contributed by atoms with E-state index in [1.807, 2.05) is 0 Å². The Morgan fingerprint density at radius 3 is 1.05 bits per heavy atom. The van der Waals surface area contributed by atoms with Crippen LogP contribution in [0.4, 0.5) is 0 Å². The van der Waals surface area contributed by atoms with Gasteiger partial charge in [-0.1, -0.05) is 301 Å². The fraction of sp³-hybridized carbons (Fsp3) is 0.882. The smallest absolute Gasteiger partial charge is 0.305 e. The molecule has 0 spiro atoms. The molecule has 0 aromatic heterocycles. The van der Waals surface area contributed by atoms with Crippen molar-refractivity contribution in [2.75, 3.05) is 13.2 Å². The van der Waals surface area contributed by atoms with Gasteiger partial charge in [-0.25, -0.2) is 0 Å². The third-order valence-electron chi connectivity index (χ3n) is 15.4. The first kappa shape index (κ1) is 72.1. The Morgan fingerprint density at radius 1 is 0.378 bits per heavy atom. The van der Waals surface area contributed by atoms with Crippen LogP contribution >= 0.6 is 0 Å². The molecule has 0 bridgehead atoms. The molecule has 0 aliphatic carbocycles. The summed E-state index contributed by atoms with van der Waals surface area (Å²) < 4.78 is 5.49. The molecular weight excluding hydrogens is 911 g/mol. The molecule has 3 N–H and O–H groups in total. The number of ether oxygens (including phenoxy) is 1. The number of aliphatic hydroxyl groups excluding tert-OH is 2. The lowest BCUT2D eigenvalue weighted by atomic mass is 10.0. The summed E-state index contributed by atoms with van der Waals surface area (Å²) in [5.41, 5.74) is 0. The third-order valence-corrected chi connectivity index (χ3v) is 15.4. The van der Waals surface area contributed by atoms with Crippen molar-refractivity contribution in [3.05, 3.63) is 36.5 Å². The van der Waals surface area contributed by atoms with Crippen LogP contribution in [0.5, 0.6) is 0 Å². The zero-order valence-electron chi connectivity index (χ0n) is 49.8. The van der Waals surface area contributed by atoms with E-state index >= 15 is 0 Å². The Morgan fingerprint density at radius 2 is 0.676 bits per heavy atom. The Labute approximate surface area is 462 Å². The van der Waals surface area contributed by atoms with Crippen molar-refractivity contribution in [2.45, 2.75) is 373 Å². The maximum Gasteiger partial charge on any atom is 0.305 e. The van der Waals surface area contributed by atoms with Crippen molar-refractivity contribution in [2.24, 2.45) is 0 Å². The third kappa shape index (κ3) is 59.3. The van der Waals surface area contributed by atoms with Crippen LogP contribution in [0, 0.1) is 0 Å². The summed E-state index contributed by atoms with van der Waals surface area (Å²) in [5, 5.41) is 23.3. The second-order valence-electron chi connectivity index (χ2n) is 22.8. The lowest BCUT2D eigenvalue weighted by molar-refractivity contribution is -0.143. The second-order valence-corrected chi connectivity index (χ2v) is 22.8. The van der Waals surface area contributed by atoms with Crippen molar-refractivity contribution in [3.63, 3.8) is 0 Å². The molecule has 0 rings (SSSR count). The normalized spacial score (nSPS) is 12.8. The minimum atomic E-state index is -0.663. The highest BCUT2D eigenvalue weighted by molar-refractivity contribution is 5.76. The van der Waals surface area contributed by atoms with Gasteiger partial charge in [0.1, 0.15) is 0 Å². The van der Waals surface area contributed by atoms with Crippen LogP contribution in [0.1, 0.15) is 361 Å². The van der Waals surface area contributed by atoms with E-state index in [9.17, 15) is 19.8 Å². The monoisotopic (exact) mass is 1040 g/mol. The van der Waals surface area contributed by atoms with Gasteiger partial charge in [-0.3, -0.25) is 9.59 Å². The van der Waals surface area contributed by atoms with Gasteiger partial charge in [0.05, 0.1) is 25.4 Å². The predicted molar refractivity (Wildman–Crippen MR) is 324 cm³/mol. The van der Waals surface area contributed by atoms with E-state index in [2.05, 4.69) is 55.6 Å². The lowest BCUT2D eigenvalue weighted by Crippen LogP contribution is -2.45. The van der Waals surface area contributed by atoms with Crippen LogP contribution in [0.25, 0.3) is 0 Å². The average Bonchev–Trinajstić information content (AvgIpc) is 3.40. The first-order valence-electron chi connectivity index (χ1n) is 33.2. The molecule has 0 fully saturated rings. The van der Waals surface area contributed by atoms with Crippen molar-refractivity contribution in [1.82, 2.24) is 5.32 Å². The molecule has 0 aromatic rings. The van der Waals surface area contributed by atoms with Gasteiger partial charge in [0.2, 0.25) is 5.91 Å². The Bertz CT molecular complexity index is 1200. The van der Waals surface area contributed by atoms with Crippen LogP contribution in [0.15, 0.2) is 36.5 Å². The summed E-state index contributed by atoms with van der Waals surface area (Å²) in [4.78, 5) is 24.5. The van der Waals surface area contributed by atoms with E-state index in [4.69, 9.17) is 4.74 Å². The molecule has 0 heterocycles. The number of hydrogen-bond acceptors (Lipinski definition) is 5. The van der Waals surface area contributed by atoms with Crippen LogP contribution in [0.2, 0.25) is 0 Å². The molecule has 0 aliphatic heterocycles. The van der Waals surface area contributed by atoms with E-state index in [1.165, 1.54) is 276 Å². The molecule has 0 radical (unpaired) electrons. The van der Waals surface area contributed by atoms with Gasteiger partial charge < -0.3 is 20.3 Å². The second kappa shape index (κ2) is 63.6. The fourth-order valence-corrected chi connectivity index (χ4v) is 10.3. The molecule has 2 atom stereocenters. The molecule has 2 unspecified atom stereocenters. The molecule has 6 nitrogen and oxygen atoms in total. The maximum absolute atomic E-state index is 12.5. The van der Waals surface area contributed by atoms with Crippen molar-refractivity contribution in [1.29, 1.82) is 0 Å². The largest absolute Gasteiger partial charge is 0.466 e. The number of aliphatic hydroxyl groups is 2. The SMILES string of the molecule is CCCCCC/C=C\C/C=C\CCCCCCCC(=O)OCCCCCCCCCCCCCC/C=C\CCCCCCCCCCCCCCC(=O)NC(CO)C(O)CCCCCCCCCCCCCCC. The van der Waals surface area contributed by atoms with Crippen LogP contribution in [-0.4, -0.2) is 47.4 Å². The summed E-state index contributed by atoms with van der Waals surface area (Å²) in [6.45, 7) is 4.95. The average molecular weight is 1040 g/mol. The number of carbonyl (C=O) groups excluding carboxylic acids is 2. The van der Waals surface area contributed by atoms with Crippen molar-refractivity contribution in [3.8, 4) is 0 Å². The first-order chi connectivity index (χ1) is 36.5. The zero-order valence-corrected chi connectivity index (χ0v) is 49.8. The highest BCUT2D eigenvalue weighted by atomic mass is 16.5. The maximum atomic E-state index is 12.5. The highest BCUT2D eigenvalue weighted by Crippen LogP contribution is 2.18. The highest BCUT2D eigenvalue weighted by Gasteiger charge is 2.20. The van der Waals surface area contributed by atoms with Crippen LogP contribution in [0.3, 0.4) is 0 Å². The molecule has 6 heteroatoms. The van der Waals surface area contributed by atoms with E-state index in [0.29, 0.717) is 25.9 Å². The van der Waals surface area contributed by atoms with E-state index < -0.39 is 12.1 Å². The zero-order chi connectivity index (χ0) is 53.6. The van der Waals surface area contributed by atoms with Gasteiger partial charge >= 0.3 is 5.97 Å². The quantitative estimate of drug-likeness (QED) is 0.0320. The molecule has 1 amide bonds. The Balaban J connectivity index is 3.37. The number of hydrogen-bond donors (Lipinski definition) is 3. The Kier molecular flexibility index (Phi) is 62.0. The number of rotatable bonds is 62. The fourth-order valence-electron chi connectivity index (χ4n) is 10.3. The van der Waals surface area contributed by atoms with Gasteiger partial charge in [0, 0.05) is 12.8 Å². The van der Waals surface area contributed by atoms with Crippen molar-refractivity contribution < 1.29 is 24.5 Å². The van der Waals surface area contributed by atoms with Crippen molar-refractivity contribution >= 4 is 11.9 Å². The summed E-state index contributed by atoms with van der Waals surface area (Å²) in [5.74, 6) is -0.0313. The van der Waals surface area contributed by atoms with Crippen LogP contribution < -0.4 is 5.32 Å². The molecular formula is C68H129NO5. The predicted octanol–water partition coefficient (Wildman–Crippen LogP) is 21.1. The van der Waals surface area contributed by atoms with Crippen LogP contribution in [-0.2, 0) is 14.3 Å². The number of allylic oxidation sites excluding steroid dienone is 6. The summed E-state index contributed by atoms with van der Waals surface area (Å²) in [7, 11) is 0. The van der Waals surface area contributed by atoms with E-state index in [1.54, 1.807) is 0 Å². The standard InChI is InChI=1S/C68H129NO5/c1-3-5-7-9-11-13-15-17-18-34-38-42-46-50-54-58-62-68(73)74-63-59-55-51-47-43-39-35-32-30-28-26-24-22-20-19-21-23-25-27-29-31-33-37-41-45-49-53-57-61-67(72)69-65(64-70)66(71)60-56-52-48-44-40-36-16-14-12-10-8-6-4-2/h13,15,18-20,34,65-66,70-71H,3-12,14,16-17,21-33,35-64H2,1-2H3,(H,69,72)/b15-13-,20-19-,34-18-. The Hall–Kier alpha value is -1.92. The van der Waals surface area contributed by atoms with Gasteiger partial charge in [0.25, 0.3) is 0 Å². The first-order valence-corrected chi connectivity index (χ1v) is 33.2. The number of nitrogens with one attached hydrogen (secondary N) is 1. The topological polar surface area (TPSA) is 95.9 Å². The number of amides is 1.